The van der Waals surface area contributed by atoms with E-state index in [0.29, 0.717) is 5.56 Å². The quantitative estimate of drug-likeness (QED) is 0.563. The number of rotatable bonds is 7. The number of carbonyl (C=O) groups is 3. The molecule has 1 unspecified atom stereocenters. The number of amides is 1. The van der Waals surface area contributed by atoms with Gasteiger partial charge in [0.05, 0.1) is 7.11 Å². The van der Waals surface area contributed by atoms with E-state index < -0.39 is 23.9 Å². The Hall–Kier alpha value is -2.70. The second-order valence-corrected chi connectivity index (χ2v) is 4.13. The van der Waals surface area contributed by atoms with Crippen LogP contribution >= 0.6 is 0 Å². The molecule has 0 saturated heterocycles. The summed E-state index contributed by atoms with van der Waals surface area (Å²) in [5, 5.41) is 11.3. The van der Waals surface area contributed by atoms with E-state index in [1.165, 1.54) is 19.3 Å². The summed E-state index contributed by atoms with van der Waals surface area (Å²) < 4.78 is 4.43. The maximum atomic E-state index is 11.6. The topological polar surface area (TPSA) is 106 Å². The zero-order chi connectivity index (χ0) is 15.7. The third-order valence-corrected chi connectivity index (χ3v) is 2.59. The predicted molar refractivity (Wildman–Crippen MR) is 74.1 cm³/mol. The third-order valence-electron chi connectivity index (χ3n) is 2.59. The molecule has 1 aromatic heterocycles. The van der Waals surface area contributed by atoms with Gasteiger partial charge in [-0.2, -0.15) is 0 Å². The number of aliphatic carboxylic acids is 1. The lowest BCUT2D eigenvalue weighted by atomic mass is 10.1. The van der Waals surface area contributed by atoms with Crippen LogP contribution in [-0.2, 0) is 19.1 Å². The van der Waals surface area contributed by atoms with Crippen molar-refractivity contribution in [1.82, 2.24) is 10.3 Å². The highest BCUT2D eigenvalue weighted by molar-refractivity contribution is 5.94. The highest BCUT2D eigenvalue weighted by Gasteiger charge is 2.20. The standard InChI is InChI=1S/C14H16N2O5/c1-21-13(18)7-5-11(14(19)20)16-12(17)6-4-10-3-2-8-15-9-10/h2-4,6,8-9,11H,5,7H2,1H3,(H,16,17)(H,19,20)/b6-4+. The molecule has 0 radical (unpaired) electrons. The van der Waals surface area contributed by atoms with Crippen LogP contribution in [0.15, 0.2) is 30.6 Å². The number of nitrogens with one attached hydrogen (secondary N) is 1. The molecule has 0 fully saturated rings. The van der Waals surface area contributed by atoms with E-state index in [-0.39, 0.29) is 12.8 Å². The largest absolute Gasteiger partial charge is 0.480 e. The first-order valence-corrected chi connectivity index (χ1v) is 6.21. The number of esters is 1. The van der Waals surface area contributed by atoms with Gasteiger partial charge in [0, 0.05) is 24.9 Å². The Labute approximate surface area is 121 Å². The van der Waals surface area contributed by atoms with Gasteiger partial charge in [-0.15, -0.1) is 0 Å². The van der Waals surface area contributed by atoms with Crippen LogP contribution in [0.5, 0.6) is 0 Å². The number of hydrogen-bond acceptors (Lipinski definition) is 5. The Morgan fingerprint density at radius 1 is 1.48 bits per heavy atom. The van der Waals surface area contributed by atoms with Gasteiger partial charge in [0.1, 0.15) is 6.04 Å². The Bertz CT molecular complexity index is 527. The Morgan fingerprint density at radius 2 is 2.24 bits per heavy atom. The molecule has 7 heteroatoms. The fourth-order valence-electron chi connectivity index (χ4n) is 1.49. The number of methoxy groups -OCH3 is 1. The molecule has 21 heavy (non-hydrogen) atoms. The van der Waals surface area contributed by atoms with E-state index in [2.05, 4.69) is 15.0 Å². The Morgan fingerprint density at radius 3 is 2.81 bits per heavy atom. The van der Waals surface area contributed by atoms with Crippen LogP contribution in [0.2, 0.25) is 0 Å². The van der Waals surface area contributed by atoms with Crippen LogP contribution in [0, 0.1) is 0 Å². The van der Waals surface area contributed by atoms with Gasteiger partial charge in [0.25, 0.3) is 0 Å². The average molecular weight is 292 g/mol. The molecule has 1 heterocycles. The summed E-state index contributed by atoms with van der Waals surface area (Å²) in [5.74, 6) is -2.29. The molecule has 7 nitrogen and oxygen atoms in total. The molecule has 1 rings (SSSR count). The fourth-order valence-corrected chi connectivity index (χ4v) is 1.49. The first kappa shape index (κ1) is 16.4. The molecule has 0 aliphatic heterocycles. The summed E-state index contributed by atoms with van der Waals surface area (Å²) in [7, 11) is 1.22. The zero-order valence-electron chi connectivity index (χ0n) is 11.5. The van der Waals surface area contributed by atoms with Gasteiger partial charge in [-0.05, 0) is 24.1 Å². The summed E-state index contributed by atoms with van der Waals surface area (Å²) in [6.07, 6.45) is 5.78. The van der Waals surface area contributed by atoms with Crippen LogP contribution in [-0.4, -0.2) is 41.1 Å². The van der Waals surface area contributed by atoms with Crippen LogP contribution in [0.25, 0.3) is 6.08 Å². The van der Waals surface area contributed by atoms with Crippen molar-refractivity contribution in [2.24, 2.45) is 0 Å². The van der Waals surface area contributed by atoms with Crippen molar-refractivity contribution in [2.45, 2.75) is 18.9 Å². The number of hydrogen-bond donors (Lipinski definition) is 2. The summed E-state index contributed by atoms with van der Waals surface area (Å²) in [6.45, 7) is 0. The van der Waals surface area contributed by atoms with Crippen molar-refractivity contribution in [3.8, 4) is 0 Å². The molecule has 0 saturated carbocycles. The van der Waals surface area contributed by atoms with Crippen molar-refractivity contribution >= 4 is 23.9 Å². The van der Waals surface area contributed by atoms with E-state index in [9.17, 15) is 14.4 Å². The molecule has 2 N–H and O–H groups in total. The van der Waals surface area contributed by atoms with Crippen molar-refractivity contribution in [3.63, 3.8) is 0 Å². The SMILES string of the molecule is COC(=O)CCC(NC(=O)/C=C/c1cccnc1)C(=O)O. The molecule has 112 valence electrons. The molecule has 1 aromatic rings. The highest BCUT2D eigenvalue weighted by atomic mass is 16.5. The Balaban J connectivity index is 2.54. The van der Waals surface area contributed by atoms with Crippen molar-refractivity contribution in [2.75, 3.05) is 7.11 Å². The average Bonchev–Trinajstić information content (AvgIpc) is 2.49. The number of carboxylic acid groups (broad SMARTS) is 1. The maximum absolute atomic E-state index is 11.6. The highest BCUT2D eigenvalue weighted by Crippen LogP contribution is 2.01. The lowest BCUT2D eigenvalue weighted by Gasteiger charge is -2.12. The van der Waals surface area contributed by atoms with Crippen LogP contribution in [0.4, 0.5) is 0 Å². The van der Waals surface area contributed by atoms with Gasteiger partial charge in [0.15, 0.2) is 0 Å². The van der Waals surface area contributed by atoms with Gasteiger partial charge in [-0.3, -0.25) is 14.6 Å². The first-order chi connectivity index (χ1) is 10.0. The number of ether oxygens (including phenoxy) is 1. The molecule has 0 spiro atoms. The summed E-state index contributed by atoms with van der Waals surface area (Å²) in [5.41, 5.74) is 0.717. The van der Waals surface area contributed by atoms with Gasteiger partial charge < -0.3 is 15.2 Å². The third kappa shape index (κ3) is 6.33. The van der Waals surface area contributed by atoms with E-state index in [0.717, 1.165) is 0 Å². The van der Waals surface area contributed by atoms with Gasteiger partial charge in [-0.25, -0.2) is 4.79 Å². The number of pyridine rings is 1. The molecule has 0 aliphatic rings. The van der Waals surface area contributed by atoms with Crippen molar-refractivity contribution in [1.29, 1.82) is 0 Å². The van der Waals surface area contributed by atoms with Gasteiger partial charge in [-0.1, -0.05) is 6.07 Å². The molecular weight excluding hydrogens is 276 g/mol. The maximum Gasteiger partial charge on any atom is 0.326 e. The minimum Gasteiger partial charge on any atom is -0.480 e. The molecule has 1 atom stereocenters. The normalized spacial score (nSPS) is 11.9. The van der Waals surface area contributed by atoms with E-state index in [1.807, 2.05) is 0 Å². The first-order valence-electron chi connectivity index (χ1n) is 6.21. The van der Waals surface area contributed by atoms with Crippen LogP contribution in [0.1, 0.15) is 18.4 Å². The summed E-state index contributed by atoms with van der Waals surface area (Å²) >= 11 is 0. The minimum absolute atomic E-state index is 0.0333. The summed E-state index contributed by atoms with van der Waals surface area (Å²) in [4.78, 5) is 37.5. The predicted octanol–water partition coefficient (Wildman–Crippen LogP) is 0.617. The van der Waals surface area contributed by atoms with Crippen LogP contribution < -0.4 is 5.32 Å². The zero-order valence-corrected chi connectivity index (χ0v) is 11.5. The minimum atomic E-state index is -1.21. The van der Waals surface area contributed by atoms with Gasteiger partial charge in [0.2, 0.25) is 5.91 Å². The second-order valence-electron chi connectivity index (χ2n) is 4.13. The van der Waals surface area contributed by atoms with Crippen molar-refractivity contribution in [3.05, 3.63) is 36.2 Å². The Kier molecular flexibility index (Phi) is 6.59. The van der Waals surface area contributed by atoms with E-state index >= 15 is 0 Å². The number of carbonyl (C=O) groups excluding carboxylic acids is 2. The van der Waals surface area contributed by atoms with E-state index in [4.69, 9.17) is 5.11 Å². The molecule has 0 aromatic carbocycles. The van der Waals surface area contributed by atoms with E-state index in [1.54, 1.807) is 24.5 Å². The molecule has 1 amide bonds. The number of carboxylic acids is 1. The summed E-state index contributed by atoms with van der Waals surface area (Å²) in [6, 6.07) is 2.33. The molecule has 0 bridgehead atoms. The lowest BCUT2D eigenvalue weighted by molar-refractivity contribution is -0.143. The molecule has 0 aliphatic carbocycles. The molecular formula is C14H16N2O5. The monoisotopic (exact) mass is 292 g/mol. The number of aromatic nitrogens is 1. The smallest absolute Gasteiger partial charge is 0.326 e. The fraction of sp³-hybridized carbons (Fsp3) is 0.286. The van der Waals surface area contributed by atoms with Gasteiger partial charge >= 0.3 is 11.9 Å². The lowest BCUT2D eigenvalue weighted by Crippen LogP contribution is -2.40. The van der Waals surface area contributed by atoms with Crippen molar-refractivity contribution < 1.29 is 24.2 Å². The number of nitrogens with zero attached hydrogens (tertiary/aromatic N) is 1. The second kappa shape index (κ2) is 8.47. The van der Waals surface area contributed by atoms with Crippen LogP contribution in [0.3, 0.4) is 0 Å².